The summed E-state index contributed by atoms with van der Waals surface area (Å²) in [6.45, 7) is 5.94. The number of hydrogen-bond acceptors (Lipinski definition) is 1. The molecule has 0 aromatic rings. The highest BCUT2D eigenvalue weighted by atomic mass is 16.1. The van der Waals surface area contributed by atoms with Gasteiger partial charge in [-0.25, -0.2) is 0 Å². The lowest BCUT2D eigenvalue weighted by Gasteiger charge is -2.23. The fraction of sp³-hybridized carbons (Fsp3) is 0.917. The molecule has 0 aromatic carbocycles. The molecule has 0 aromatic heterocycles. The molecule has 14 heavy (non-hydrogen) atoms. The van der Waals surface area contributed by atoms with E-state index in [0.717, 1.165) is 12.3 Å². The van der Waals surface area contributed by atoms with Gasteiger partial charge in [-0.2, -0.15) is 0 Å². The van der Waals surface area contributed by atoms with Crippen molar-refractivity contribution in [3.05, 3.63) is 0 Å². The van der Waals surface area contributed by atoms with Gasteiger partial charge in [0.15, 0.2) is 0 Å². The SMILES string of the molecule is CC.CC(CC1CCCCC1)C(N)=O. The summed E-state index contributed by atoms with van der Waals surface area (Å²) in [5, 5.41) is 0. The van der Waals surface area contributed by atoms with Crippen molar-refractivity contribution in [3.8, 4) is 0 Å². The van der Waals surface area contributed by atoms with Gasteiger partial charge in [-0.05, 0) is 12.3 Å². The van der Waals surface area contributed by atoms with Gasteiger partial charge in [0.1, 0.15) is 0 Å². The van der Waals surface area contributed by atoms with Gasteiger partial charge in [-0.15, -0.1) is 0 Å². The number of nitrogens with two attached hydrogens (primary N) is 1. The highest BCUT2D eigenvalue weighted by molar-refractivity contribution is 5.76. The molecule has 2 nitrogen and oxygen atoms in total. The smallest absolute Gasteiger partial charge is 0.220 e. The molecule has 0 spiro atoms. The largest absolute Gasteiger partial charge is 0.369 e. The molecule has 84 valence electrons. The Morgan fingerprint density at radius 1 is 1.29 bits per heavy atom. The molecule has 2 heteroatoms. The van der Waals surface area contributed by atoms with E-state index in [-0.39, 0.29) is 11.8 Å². The Bertz CT molecular complexity index is 150. The summed E-state index contributed by atoms with van der Waals surface area (Å²) < 4.78 is 0. The van der Waals surface area contributed by atoms with E-state index in [9.17, 15) is 4.79 Å². The molecular formula is C12H25NO. The average molecular weight is 199 g/mol. The minimum atomic E-state index is -0.138. The van der Waals surface area contributed by atoms with Crippen molar-refractivity contribution in [2.24, 2.45) is 17.6 Å². The van der Waals surface area contributed by atoms with Gasteiger partial charge in [0, 0.05) is 5.92 Å². The average Bonchev–Trinajstić information content (AvgIpc) is 2.22. The summed E-state index contributed by atoms with van der Waals surface area (Å²) in [6, 6.07) is 0. The predicted octanol–water partition coefficient (Wildman–Crippen LogP) is 3.10. The Morgan fingerprint density at radius 2 is 1.79 bits per heavy atom. The summed E-state index contributed by atoms with van der Waals surface area (Å²) in [5.41, 5.74) is 5.21. The third-order valence-electron chi connectivity index (χ3n) is 2.90. The fourth-order valence-corrected chi connectivity index (χ4v) is 2.04. The zero-order valence-corrected chi connectivity index (χ0v) is 9.88. The lowest BCUT2D eigenvalue weighted by Crippen LogP contribution is -2.23. The van der Waals surface area contributed by atoms with E-state index in [1.54, 1.807) is 0 Å². The van der Waals surface area contributed by atoms with Crippen LogP contribution in [0.2, 0.25) is 0 Å². The highest BCUT2D eigenvalue weighted by Gasteiger charge is 2.18. The third-order valence-corrected chi connectivity index (χ3v) is 2.90. The van der Waals surface area contributed by atoms with E-state index in [2.05, 4.69) is 0 Å². The second-order valence-corrected chi connectivity index (χ2v) is 4.04. The molecule has 0 saturated heterocycles. The molecule has 1 rings (SSSR count). The molecule has 0 bridgehead atoms. The zero-order chi connectivity index (χ0) is 11.0. The van der Waals surface area contributed by atoms with Crippen molar-refractivity contribution in [1.29, 1.82) is 0 Å². The lowest BCUT2D eigenvalue weighted by atomic mass is 9.83. The van der Waals surface area contributed by atoms with Crippen LogP contribution in [-0.4, -0.2) is 5.91 Å². The number of amides is 1. The second kappa shape index (κ2) is 7.84. The third kappa shape index (κ3) is 5.25. The van der Waals surface area contributed by atoms with E-state index in [1.165, 1.54) is 32.1 Å². The van der Waals surface area contributed by atoms with E-state index >= 15 is 0 Å². The van der Waals surface area contributed by atoms with Crippen LogP contribution in [-0.2, 0) is 4.79 Å². The van der Waals surface area contributed by atoms with Crippen LogP contribution in [0.5, 0.6) is 0 Å². The summed E-state index contributed by atoms with van der Waals surface area (Å²) in [6.07, 6.45) is 7.68. The summed E-state index contributed by atoms with van der Waals surface area (Å²) >= 11 is 0. The molecule has 1 aliphatic carbocycles. The van der Waals surface area contributed by atoms with Crippen molar-refractivity contribution >= 4 is 5.91 Å². The Balaban J connectivity index is 0.000000791. The van der Waals surface area contributed by atoms with Crippen molar-refractivity contribution in [2.75, 3.05) is 0 Å². The monoisotopic (exact) mass is 199 g/mol. The van der Waals surface area contributed by atoms with Gasteiger partial charge < -0.3 is 5.73 Å². The van der Waals surface area contributed by atoms with E-state index in [4.69, 9.17) is 5.73 Å². The van der Waals surface area contributed by atoms with Crippen LogP contribution in [0.15, 0.2) is 0 Å². The molecule has 1 fully saturated rings. The van der Waals surface area contributed by atoms with Gasteiger partial charge in [0.25, 0.3) is 0 Å². The van der Waals surface area contributed by atoms with Gasteiger partial charge >= 0.3 is 0 Å². The van der Waals surface area contributed by atoms with Crippen LogP contribution in [0, 0.1) is 11.8 Å². The minimum Gasteiger partial charge on any atom is -0.369 e. The standard InChI is InChI=1S/C10H19NO.C2H6/c1-8(10(11)12)7-9-5-3-2-4-6-9;1-2/h8-9H,2-7H2,1H3,(H2,11,12);1-2H3. The number of carbonyl (C=O) groups excluding carboxylic acids is 1. The summed E-state index contributed by atoms with van der Waals surface area (Å²) in [7, 11) is 0. The number of rotatable bonds is 3. The first-order chi connectivity index (χ1) is 6.70. The molecule has 0 radical (unpaired) electrons. The molecule has 0 heterocycles. The lowest BCUT2D eigenvalue weighted by molar-refractivity contribution is -0.121. The van der Waals surface area contributed by atoms with Gasteiger partial charge in [0.05, 0.1) is 0 Å². The van der Waals surface area contributed by atoms with E-state index in [1.807, 2.05) is 20.8 Å². The van der Waals surface area contributed by atoms with Gasteiger partial charge in [0.2, 0.25) is 5.91 Å². The van der Waals surface area contributed by atoms with Crippen molar-refractivity contribution in [3.63, 3.8) is 0 Å². The molecule has 2 N–H and O–H groups in total. The number of primary amides is 1. The Hall–Kier alpha value is -0.530. The van der Waals surface area contributed by atoms with Crippen LogP contribution >= 0.6 is 0 Å². The first-order valence-corrected chi connectivity index (χ1v) is 5.99. The first-order valence-electron chi connectivity index (χ1n) is 5.99. The molecule has 1 atom stereocenters. The maximum absolute atomic E-state index is 10.8. The maximum Gasteiger partial charge on any atom is 0.220 e. The first kappa shape index (κ1) is 13.5. The molecule has 1 unspecified atom stereocenters. The quantitative estimate of drug-likeness (QED) is 0.745. The Labute approximate surface area is 88.3 Å². The van der Waals surface area contributed by atoms with Crippen LogP contribution in [0.25, 0.3) is 0 Å². The maximum atomic E-state index is 10.8. The highest BCUT2D eigenvalue weighted by Crippen LogP contribution is 2.28. The van der Waals surface area contributed by atoms with Crippen LogP contribution in [0.1, 0.15) is 59.3 Å². The molecule has 1 saturated carbocycles. The zero-order valence-electron chi connectivity index (χ0n) is 9.88. The molecule has 0 aliphatic heterocycles. The normalized spacial score (nSPS) is 19.4. The van der Waals surface area contributed by atoms with Crippen LogP contribution < -0.4 is 5.73 Å². The van der Waals surface area contributed by atoms with Crippen LogP contribution in [0.3, 0.4) is 0 Å². The van der Waals surface area contributed by atoms with E-state index in [0.29, 0.717) is 0 Å². The molecule has 1 amide bonds. The van der Waals surface area contributed by atoms with Crippen molar-refractivity contribution in [1.82, 2.24) is 0 Å². The van der Waals surface area contributed by atoms with Crippen LogP contribution in [0.4, 0.5) is 0 Å². The summed E-state index contributed by atoms with van der Waals surface area (Å²) in [5.74, 6) is 0.704. The van der Waals surface area contributed by atoms with Crippen molar-refractivity contribution < 1.29 is 4.79 Å². The topological polar surface area (TPSA) is 43.1 Å². The van der Waals surface area contributed by atoms with Crippen molar-refractivity contribution in [2.45, 2.75) is 59.3 Å². The Morgan fingerprint density at radius 3 is 2.21 bits per heavy atom. The fourth-order valence-electron chi connectivity index (χ4n) is 2.04. The summed E-state index contributed by atoms with van der Waals surface area (Å²) in [4.78, 5) is 10.8. The minimum absolute atomic E-state index is 0.0769. The van der Waals surface area contributed by atoms with Gasteiger partial charge in [-0.1, -0.05) is 52.9 Å². The second-order valence-electron chi connectivity index (χ2n) is 4.04. The molecule has 1 aliphatic rings. The van der Waals surface area contributed by atoms with E-state index < -0.39 is 0 Å². The van der Waals surface area contributed by atoms with Gasteiger partial charge in [-0.3, -0.25) is 4.79 Å². The number of hydrogen-bond donors (Lipinski definition) is 1. The number of carbonyl (C=O) groups is 1. The predicted molar refractivity (Wildman–Crippen MR) is 60.9 cm³/mol. The molecular weight excluding hydrogens is 174 g/mol. The Kier molecular flexibility index (Phi) is 7.54.